The average Bonchev–Trinajstić information content (AvgIpc) is 2.66. The van der Waals surface area contributed by atoms with Crippen molar-refractivity contribution in [1.29, 1.82) is 0 Å². The Morgan fingerprint density at radius 2 is 2.09 bits per heavy atom. The number of carbonyl (C=O) groups is 2. The van der Waals surface area contributed by atoms with Gasteiger partial charge < -0.3 is 20.1 Å². The molecule has 0 unspecified atom stereocenters. The molecule has 0 aromatic heterocycles. The fraction of sp³-hybridized carbons (Fsp3) is 0.500. The maximum absolute atomic E-state index is 12.5. The van der Waals surface area contributed by atoms with Crippen LogP contribution in [0.4, 0.5) is 4.79 Å². The number of carbonyl (C=O) groups excluding carboxylic acids is 1. The molecule has 1 aliphatic heterocycles. The van der Waals surface area contributed by atoms with Crippen molar-refractivity contribution in [2.45, 2.75) is 24.8 Å². The molecule has 2 atom stereocenters. The number of methoxy groups -OCH3 is 1. The molecule has 6 nitrogen and oxygen atoms in total. The number of benzene rings is 1. The van der Waals surface area contributed by atoms with Crippen molar-refractivity contribution in [3.8, 4) is 0 Å². The number of nitrogens with zero attached hydrogens (tertiary/aromatic N) is 1. The third-order valence-corrected chi connectivity index (χ3v) is 3.99. The van der Waals surface area contributed by atoms with Gasteiger partial charge in [-0.15, -0.1) is 0 Å². The van der Waals surface area contributed by atoms with Gasteiger partial charge in [-0.25, -0.2) is 4.79 Å². The van der Waals surface area contributed by atoms with Crippen molar-refractivity contribution in [3.63, 3.8) is 0 Å². The van der Waals surface area contributed by atoms with Gasteiger partial charge in [0.25, 0.3) is 0 Å². The number of nitrogens with one attached hydrogen (secondary N) is 1. The largest absolute Gasteiger partial charge is 0.465 e. The van der Waals surface area contributed by atoms with Gasteiger partial charge in [0.15, 0.2) is 0 Å². The summed E-state index contributed by atoms with van der Waals surface area (Å²) in [4.78, 5) is 25.1. The Kier molecular flexibility index (Phi) is 5.77. The van der Waals surface area contributed by atoms with Crippen LogP contribution in [0.1, 0.15) is 24.3 Å². The lowest BCUT2D eigenvalue weighted by Crippen LogP contribution is -2.48. The zero-order valence-corrected chi connectivity index (χ0v) is 12.7. The van der Waals surface area contributed by atoms with Gasteiger partial charge in [-0.3, -0.25) is 4.79 Å². The summed E-state index contributed by atoms with van der Waals surface area (Å²) in [7, 11) is 1.59. The summed E-state index contributed by atoms with van der Waals surface area (Å²) in [6.45, 7) is 1.49. The summed E-state index contributed by atoms with van der Waals surface area (Å²) in [5.74, 6) is 0.0421. The first kappa shape index (κ1) is 16.3. The van der Waals surface area contributed by atoms with Crippen molar-refractivity contribution in [1.82, 2.24) is 10.2 Å². The first-order valence-corrected chi connectivity index (χ1v) is 7.44. The molecule has 120 valence electrons. The number of hydrogen-bond donors (Lipinski definition) is 2. The second-order valence-electron chi connectivity index (χ2n) is 5.46. The van der Waals surface area contributed by atoms with E-state index < -0.39 is 12.1 Å². The first-order chi connectivity index (χ1) is 10.6. The van der Waals surface area contributed by atoms with E-state index in [1.165, 1.54) is 5.56 Å². The molecular weight excluding hydrogens is 284 g/mol. The lowest BCUT2D eigenvalue weighted by molar-refractivity contribution is -0.133. The summed E-state index contributed by atoms with van der Waals surface area (Å²) >= 11 is 0. The van der Waals surface area contributed by atoms with Crippen LogP contribution in [-0.4, -0.2) is 54.9 Å². The standard InChI is InChI=1S/C16H22N2O4/c1-22-10-9-18-11-13(12-5-3-2-4-6-12)7-8-14(15(18)19)17-16(20)21/h2-6,13-14,17H,7-11H2,1H3,(H,20,21)/t13-,14-/m1/s1. The third kappa shape index (κ3) is 4.21. The second kappa shape index (κ2) is 7.79. The van der Waals surface area contributed by atoms with E-state index in [4.69, 9.17) is 9.84 Å². The van der Waals surface area contributed by atoms with Crippen LogP contribution < -0.4 is 5.32 Å². The zero-order chi connectivity index (χ0) is 15.9. The second-order valence-corrected chi connectivity index (χ2v) is 5.46. The molecule has 22 heavy (non-hydrogen) atoms. The van der Waals surface area contributed by atoms with E-state index in [-0.39, 0.29) is 11.8 Å². The SMILES string of the molecule is COCCN1C[C@H](c2ccccc2)CC[C@@H](NC(=O)O)C1=O. The van der Waals surface area contributed by atoms with Crippen LogP contribution in [-0.2, 0) is 9.53 Å². The number of likely N-dealkylation sites (tertiary alicyclic amines) is 1. The van der Waals surface area contributed by atoms with Gasteiger partial charge in [-0.05, 0) is 18.4 Å². The minimum Gasteiger partial charge on any atom is -0.465 e. The van der Waals surface area contributed by atoms with Crippen molar-refractivity contribution in [2.24, 2.45) is 0 Å². The fourth-order valence-electron chi connectivity index (χ4n) is 2.84. The van der Waals surface area contributed by atoms with E-state index in [2.05, 4.69) is 17.4 Å². The lowest BCUT2D eigenvalue weighted by atomic mass is 9.94. The Morgan fingerprint density at radius 1 is 1.36 bits per heavy atom. The maximum Gasteiger partial charge on any atom is 0.405 e. The minimum absolute atomic E-state index is 0.169. The number of carboxylic acid groups (broad SMARTS) is 1. The van der Waals surface area contributed by atoms with Gasteiger partial charge in [0, 0.05) is 26.1 Å². The highest BCUT2D eigenvalue weighted by molar-refractivity contribution is 5.85. The van der Waals surface area contributed by atoms with Gasteiger partial charge in [0.2, 0.25) is 5.91 Å². The highest BCUT2D eigenvalue weighted by Gasteiger charge is 2.32. The van der Waals surface area contributed by atoms with E-state index in [0.717, 1.165) is 6.42 Å². The smallest absolute Gasteiger partial charge is 0.405 e. The predicted octanol–water partition coefficient (Wildman–Crippen LogP) is 1.68. The quantitative estimate of drug-likeness (QED) is 0.867. The van der Waals surface area contributed by atoms with Crippen LogP contribution in [0.5, 0.6) is 0 Å². The molecule has 0 bridgehead atoms. The molecule has 1 saturated heterocycles. The molecule has 2 amide bonds. The van der Waals surface area contributed by atoms with Gasteiger partial charge >= 0.3 is 6.09 Å². The number of hydrogen-bond acceptors (Lipinski definition) is 3. The Balaban J connectivity index is 2.16. The molecule has 0 spiro atoms. The summed E-state index contributed by atoms with van der Waals surface area (Å²) in [5.41, 5.74) is 1.17. The maximum atomic E-state index is 12.5. The van der Waals surface area contributed by atoms with Crippen molar-refractivity contribution in [3.05, 3.63) is 35.9 Å². The van der Waals surface area contributed by atoms with Crippen molar-refractivity contribution < 1.29 is 19.4 Å². The molecule has 0 radical (unpaired) electrons. The highest BCUT2D eigenvalue weighted by atomic mass is 16.5. The molecule has 1 fully saturated rings. The molecule has 6 heteroatoms. The number of rotatable bonds is 5. The normalized spacial score (nSPS) is 22.2. The summed E-state index contributed by atoms with van der Waals surface area (Å²) in [6.07, 6.45) is 0.112. The van der Waals surface area contributed by atoms with Crippen LogP contribution in [0.2, 0.25) is 0 Å². The van der Waals surface area contributed by atoms with Crippen LogP contribution in [0.15, 0.2) is 30.3 Å². The Labute approximate surface area is 130 Å². The van der Waals surface area contributed by atoms with Gasteiger partial charge in [-0.1, -0.05) is 30.3 Å². The molecule has 1 aliphatic rings. The van der Waals surface area contributed by atoms with Crippen molar-refractivity contribution in [2.75, 3.05) is 26.8 Å². The van der Waals surface area contributed by atoms with Gasteiger partial charge in [0.05, 0.1) is 6.61 Å². The first-order valence-electron chi connectivity index (χ1n) is 7.44. The molecular formula is C16H22N2O4. The monoisotopic (exact) mass is 306 g/mol. The highest BCUT2D eigenvalue weighted by Crippen LogP contribution is 2.27. The van der Waals surface area contributed by atoms with E-state index in [0.29, 0.717) is 26.1 Å². The molecule has 1 heterocycles. The van der Waals surface area contributed by atoms with Crippen LogP contribution >= 0.6 is 0 Å². The van der Waals surface area contributed by atoms with Gasteiger partial charge in [0.1, 0.15) is 6.04 Å². The molecule has 0 aliphatic carbocycles. The van der Waals surface area contributed by atoms with Crippen LogP contribution in [0, 0.1) is 0 Å². The minimum atomic E-state index is -1.16. The zero-order valence-electron chi connectivity index (χ0n) is 12.7. The van der Waals surface area contributed by atoms with Gasteiger partial charge in [-0.2, -0.15) is 0 Å². The van der Waals surface area contributed by atoms with E-state index in [9.17, 15) is 9.59 Å². The average molecular weight is 306 g/mol. The molecule has 1 aromatic rings. The fourth-order valence-corrected chi connectivity index (χ4v) is 2.84. The lowest BCUT2D eigenvalue weighted by Gasteiger charge is -2.26. The predicted molar refractivity (Wildman–Crippen MR) is 81.8 cm³/mol. The Morgan fingerprint density at radius 3 is 2.73 bits per heavy atom. The summed E-state index contributed by atoms with van der Waals surface area (Å²) in [5, 5.41) is 11.2. The summed E-state index contributed by atoms with van der Waals surface area (Å²) in [6, 6.07) is 9.35. The molecule has 0 saturated carbocycles. The Hall–Kier alpha value is -2.08. The van der Waals surface area contributed by atoms with E-state index in [1.54, 1.807) is 12.0 Å². The topological polar surface area (TPSA) is 78.9 Å². The number of amides is 2. The summed E-state index contributed by atoms with van der Waals surface area (Å²) < 4.78 is 5.06. The molecule has 2 N–H and O–H groups in total. The third-order valence-electron chi connectivity index (χ3n) is 3.99. The van der Waals surface area contributed by atoms with E-state index >= 15 is 0 Å². The van der Waals surface area contributed by atoms with Crippen LogP contribution in [0.25, 0.3) is 0 Å². The molecule has 1 aromatic carbocycles. The number of ether oxygens (including phenoxy) is 1. The molecule has 2 rings (SSSR count). The van der Waals surface area contributed by atoms with Crippen LogP contribution in [0.3, 0.4) is 0 Å². The van der Waals surface area contributed by atoms with E-state index in [1.807, 2.05) is 18.2 Å². The Bertz CT molecular complexity index is 506. The van der Waals surface area contributed by atoms with Crippen molar-refractivity contribution >= 4 is 12.0 Å².